The zero-order valence-corrected chi connectivity index (χ0v) is 16.4. The number of hydrogen-bond acceptors (Lipinski definition) is 4. The van der Waals surface area contributed by atoms with Crippen LogP contribution in [0.2, 0.25) is 10.0 Å². The van der Waals surface area contributed by atoms with E-state index >= 15 is 0 Å². The summed E-state index contributed by atoms with van der Waals surface area (Å²) in [6.07, 6.45) is 1.37. The Hall–Kier alpha value is -2.61. The van der Waals surface area contributed by atoms with Gasteiger partial charge in [-0.15, -0.1) is 0 Å². The molecule has 0 amide bonds. The SMILES string of the molecule is O=S(=O)(Nc1ccc(F)cc1)c1ccc(N=Cc2cc(Cl)cc(Cl)c2O)cc1. The summed E-state index contributed by atoms with van der Waals surface area (Å²) in [5, 5.41) is 10.4. The van der Waals surface area contributed by atoms with E-state index in [1.165, 1.54) is 54.7 Å². The molecular weight excluding hydrogens is 426 g/mol. The minimum atomic E-state index is -3.83. The van der Waals surface area contributed by atoms with Gasteiger partial charge in [-0.05, 0) is 60.7 Å². The van der Waals surface area contributed by atoms with Gasteiger partial charge in [0.05, 0.1) is 15.6 Å². The van der Waals surface area contributed by atoms with E-state index in [1.807, 2.05) is 0 Å². The van der Waals surface area contributed by atoms with Crippen LogP contribution in [0.5, 0.6) is 5.75 Å². The van der Waals surface area contributed by atoms with Crippen molar-refractivity contribution >= 4 is 50.8 Å². The third-order valence-corrected chi connectivity index (χ3v) is 5.56. The topological polar surface area (TPSA) is 78.8 Å². The number of aliphatic imine (C=N–C) groups is 1. The molecule has 5 nitrogen and oxygen atoms in total. The lowest BCUT2D eigenvalue weighted by molar-refractivity contribution is 0.475. The quantitative estimate of drug-likeness (QED) is 0.524. The fourth-order valence-electron chi connectivity index (χ4n) is 2.27. The summed E-state index contributed by atoms with van der Waals surface area (Å²) in [4.78, 5) is 4.20. The van der Waals surface area contributed by atoms with Crippen LogP contribution in [-0.2, 0) is 10.0 Å². The number of nitrogens with one attached hydrogen (secondary N) is 1. The third kappa shape index (κ3) is 4.81. The molecule has 0 spiro atoms. The van der Waals surface area contributed by atoms with Crippen molar-refractivity contribution in [3.05, 3.63) is 82.1 Å². The van der Waals surface area contributed by atoms with E-state index in [-0.39, 0.29) is 21.4 Å². The van der Waals surface area contributed by atoms with Crippen molar-refractivity contribution in [2.45, 2.75) is 4.90 Å². The Balaban J connectivity index is 1.78. The number of hydrogen-bond donors (Lipinski definition) is 2. The third-order valence-electron chi connectivity index (χ3n) is 3.65. The molecule has 0 aliphatic rings. The van der Waals surface area contributed by atoms with Gasteiger partial charge in [-0.25, -0.2) is 12.8 Å². The average Bonchev–Trinajstić information content (AvgIpc) is 2.65. The molecule has 0 bridgehead atoms. The molecule has 0 radical (unpaired) electrons. The summed E-state index contributed by atoms with van der Waals surface area (Å²) >= 11 is 11.8. The highest BCUT2D eigenvalue weighted by Crippen LogP contribution is 2.30. The number of halogens is 3. The molecule has 0 saturated carbocycles. The number of anilines is 1. The van der Waals surface area contributed by atoms with Gasteiger partial charge >= 0.3 is 0 Å². The molecule has 2 N–H and O–H groups in total. The zero-order valence-electron chi connectivity index (χ0n) is 14.1. The van der Waals surface area contributed by atoms with Crippen LogP contribution in [0.1, 0.15) is 5.56 Å². The summed E-state index contributed by atoms with van der Waals surface area (Å²) < 4.78 is 40.1. The number of nitrogens with zero attached hydrogens (tertiary/aromatic N) is 1. The summed E-state index contributed by atoms with van der Waals surface area (Å²) in [6, 6.07) is 13.6. The van der Waals surface area contributed by atoms with Gasteiger partial charge in [0.1, 0.15) is 11.6 Å². The fourth-order valence-corrected chi connectivity index (χ4v) is 3.84. The summed E-state index contributed by atoms with van der Waals surface area (Å²) in [6.45, 7) is 0. The molecule has 144 valence electrons. The van der Waals surface area contributed by atoms with Crippen molar-refractivity contribution in [3.8, 4) is 5.75 Å². The highest BCUT2D eigenvalue weighted by atomic mass is 35.5. The number of phenols is 1. The van der Waals surface area contributed by atoms with Crippen molar-refractivity contribution < 1.29 is 17.9 Å². The van der Waals surface area contributed by atoms with E-state index in [0.717, 1.165) is 12.1 Å². The van der Waals surface area contributed by atoms with E-state index < -0.39 is 15.8 Å². The van der Waals surface area contributed by atoms with E-state index in [1.54, 1.807) is 0 Å². The molecule has 0 heterocycles. The largest absolute Gasteiger partial charge is 0.506 e. The first-order chi connectivity index (χ1) is 13.2. The molecule has 0 atom stereocenters. The molecule has 0 aliphatic carbocycles. The molecule has 0 unspecified atom stereocenters. The van der Waals surface area contributed by atoms with E-state index in [0.29, 0.717) is 16.3 Å². The van der Waals surface area contributed by atoms with Gasteiger partial charge in [-0.2, -0.15) is 0 Å². The van der Waals surface area contributed by atoms with Crippen LogP contribution in [0, 0.1) is 5.82 Å². The van der Waals surface area contributed by atoms with Gasteiger partial charge in [0.15, 0.2) is 0 Å². The second-order valence-electron chi connectivity index (χ2n) is 5.69. The maximum Gasteiger partial charge on any atom is 0.261 e. The van der Waals surface area contributed by atoms with E-state index in [2.05, 4.69) is 9.71 Å². The standard InChI is InChI=1S/C19H13Cl2FN2O3S/c20-13-9-12(19(25)18(21)10-13)11-23-15-5-7-17(8-6-15)28(26,27)24-16-3-1-14(22)2-4-16/h1-11,24-25H. The lowest BCUT2D eigenvalue weighted by atomic mass is 10.2. The Morgan fingerprint density at radius 2 is 1.64 bits per heavy atom. The fraction of sp³-hybridized carbons (Fsp3) is 0. The van der Waals surface area contributed by atoms with E-state index in [4.69, 9.17) is 23.2 Å². The second-order valence-corrected chi connectivity index (χ2v) is 8.22. The summed E-state index contributed by atoms with van der Waals surface area (Å²) in [7, 11) is -3.83. The Bertz CT molecular complexity index is 1130. The van der Waals surface area contributed by atoms with Crippen molar-refractivity contribution in [2.24, 2.45) is 4.99 Å². The van der Waals surface area contributed by atoms with Crippen LogP contribution >= 0.6 is 23.2 Å². The number of phenolic OH excluding ortho intramolecular Hbond substituents is 1. The Morgan fingerprint density at radius 1 is 1.00 bits per heavy atom. The number of benzene rings is 3. The molecule has 3 aromatic carbocycles. The molecule has 0 fully saturated rings. The van der Waals surface area contributed by atoms with Crippen LogP contribution in [-0.4, -0.2) is 19.7 Å². The van der Waals surface area contributed by atoms with E-state index in [9.17, 15) is 17.9 Å². The normalized spacial score (nSPS) is 11.7. The van der Waals surface area contributed by atoms with Crippen LogP contribution in [0.15, 0.2) is 70.6 Å². The van der Waals surface area contributed by atoms with Crippen molar-refractivity contribution in [3.63, 3.8) is 0 Å². The van der Waals surface area contributed by atoms with Crippen LogP contribution in [0.25, 0.3) is 0 Å². The van der Waals surface area contributed by atoms with Crippen LogP contribution in [0.3, 0.4) is 0 Å². The molecule has 0 aliphatic heterocycles. The van der Waals surface area contributed by atoms with Gasteiger partial charge in [0, 0.05) is 22.5 Å². The Morgan fingerprint density at radius 3 is 2.29 bits per heavy atom. The number of sulfonamides is 1. The molecule has 0 saturated heterocycles. The first-order valence-corrected chi connectivity index (χ1v) is 10.1. The van der Waals surface area contributed by atoms with Crippen LogP contribution in [0.4, 0.5) is 15.8 Å². The number of aromatic hydroxyl groups is 1. The smallest absolute Gasteiger partial charge is 0.261 e. The lowest BCUT2D eigenvalue weighted by Crippen LogP contribution is -2.12. The summed E-state index contributed by atoms with van der Waals surface area (Å²) in [5.74, 6) is -0.616. The minimum Gasteiger partial charge on any atom is -0.506 e. The molecule has 28 heavy (non-hydrogen) atoms. The number of rotatable bonds is 5. The predicted octanol–water partition coefficient (Wildman–Crippen LogP) is 5.39. The monoisotopic (exact) mass is 438 g/mol. The lowest BCUT2D eigenvalue weighted by Gasteiger charge is -2.08. The van der Waals surface area contributed by atoms with Gasteiger partial charge in [-0.1, -0.05) is 23.2 Å². The molecule has 0 aromatic heterocycles. The first-order valence-electron chi connectivity index (χ1n) is 7.85. The van der Waals surface area contributed by atoms with Gasteiger partial charge in [-0.3, -0.25) is 9.71 Å². The first kappa shape index (κ1) is 20.1. The molecule has 3 aromatic rings. The highest BCUT2D eigenvalue weighted by Gasteiger charge is 2.14. The van der Waals surface area contributed by atoms with Crippen LogP contribution < -0.4 is 4.72 Å². The Kier molecular flexibility index (Phi) is 5.88. The van der Waals surface area contributed by atoms with Crippen molar-refractivity contribution in [1.82, 2.24) is 0 Å². The van der Waals surface area contributed by atoms with Crippen molar-refractivity contribution in [2.75, 3.05) is 4.72 Å². The van der Waals surface area contributed by atoms with Gasteiger partial charge < -0.3 is 5.11 Å². The Labute approximate surface area is 171 Å². The molecule has 9 heteroatoms. The van der Waals surface area contributed by atoms with Gasteiger partial charge in [0.25, 0.3) is 10.0 Å². The highest BCUT2D eigenvalue weighted by molar-refractivity contribution is 7.92. The second kappa shape index (κ2) is 8.18. The maximum atomic E-state index is 12.9. The zero-order chi connectivity index (χ0) is 20.3. The average molecular weight is 439 g/mol. The van der Waals surface area contributed by atoms with Crippen molar-refractivity contribution in [1.29, 1.82) is 0 Å². The minimum absolute atomic E-state index is 0.0180. The molecular formula is C19H13Cl2FN2O3S. The summed E-state index contributed by atoms with van der Waals surface area (Å²) in [5.41, 5.74) is 1.03. The predicted molar refractivity (Wildman–Crippen MR) is 109 cm³/mol. The molecule has 3 rings (SSSR count). The van der Waals surface area contributed by atoms with Gasteiger partial charge in [0.2, 0.25) is 0 Å². The maximum absolute atomic E-state index is 12.9.